The summed E-state index contributed by atoms with van der Waals surface area (Å²) in [6, 6.07) is 4.10. The van der Waals surface area contributed by atoms with E-state index in [-0.39, 0.29) is 11.2 Å². The topological polar surface area (TPSA) is 50.2 Å². The Morgan fingerprint density at radius 1 is 1.37 bits per heavy atom. The molecule has 0 radical (unpaired) electrons. The van der Waals surface area contributed by atoms with Crippen LogP contribution in [-0.4, -0.2) is 21.3 Å². The van der Waals surface area contributed by atoms with Gasteiger partial charge in [-0.2, -0.15) is 0 Å². The number of carboxylic acid groups (broad SMARTS) is 1. The molecule has 3 atom stereocenters. The fourth-order valence-electron chi connectivity index (χ4n) is 2.76. The highest BCUT2D eigenvalue weighted by atomic mass is 32.2. The van der Waals surface area contributed by atoms with Crippen molar-refractivity contribution in [2.75, 3.05) is 0 Å². The zero-order valence-electron chi connectivity index (χ0n) is 11.7. The Morgan fingerprint density at radius 2 is 2.11 bits per heavy atom. The van der Waals surface area contributed by atoms with Gasteiger partial charge < -0.3 is 5.11 Å². The third-order valence-electron chi connectivity index (χ3n) is 3.72. The number of thioether (sulfide) groups is 1. The van der Waals surface area contributed by atoms with E-state index in [0.717, 1.165) is 30.0 Å². The fraction of sp³-hybridized carbons (Fsp3) is 0.600. The quantitative estimate of drug-likeness (QED) is 0.917. The lowest BCUT2D eigenvalue weighted by Crippen LogP contribution is -2.32. The Kier molecular flexibility index (Phi) is 4.50. The minimum Gasteiger partial charge on any atom is -0.481 e. The molecule has 3 nitrogen and oxygen atoms in total. The first kappa shape index (κ1) is 14.4. The Balaban J connectivity index is 2.16. The van der Waals surface area contributed by atoms with Crippen LogP contribution in [-0.2, 0) is 4.79 Å². The number of nitrogens with zero attached hydrogens (tertiary/aromatic N) is 1. The van der Waals surface area contributed by atoms with Gasteiger partial charge in [0.25, 0.3) is 0 Å². The highest BCUT2D eigenvalue weighted by Crippen LogP contribution is 2.39. The first-order valence-electron chi connectivity index (χ1n) is 6.80. The van der Waals surface area contributed by atoms with E-state index in [2.05, 4.69) is 24.9 Å². The maximum atomic E-state index is 11.4. The van der Waals surface area contributed by atoms with Crippen LogP contribution in [0.3, 0.4) is 0 Å². The Labute approximate surface area is 118 Å². The van der Waals surface area contributed by atoms with E-state index in [1.165, 1.54) is 5.56 Å². The van der Waals surface area contributed by atoms with Crippen molar-refractivity contribution in [1.82, 2.24) is 4.98 Å². The normalized spacial score (nSPS) is 27.2. The monoisotopic (exact) mass is 279 g/mol. The lowest BCUT2D eigenvalue weighted by atomic mass is 9.82. The molecule has 1 aliphatic rings. The lowest BCUT2D eigenvalue weighted by molar-refractivity contribution is -0.142. The van der Waals surface area contributed by atoms with Crippen molar-refractivity contribution >= 4 is 17.7 Å². The van der Waals surface area contributed by atoms with Gasteiger partial charge in [0.2, 0.25) is 0 Å². The number of aliphatic carboxylic acids is 1. The van der Waals surface area contributed by atoms with Gasteiger partial charge in [-0.05, 0) is 56.7 Å². The van der Waals surface area contributed by atoms with Crippen molar-refractivity contribution in [1.29, 1.82) is 0 Å². The zero-order valence-corrected chi connectivity index (χ0v) is 12.5. The van der Waals surface area contributed by atoms with Crippen molar-refractivity contribution < 1.29 is 9.90 Å². The number of carboxylic acids is 1. The van der Waals surface area contributed by atoms with Crippen LogP contribution in [0.15, 0.2) is 17.2 Å². The molecule has 1 fully saturated rings. The minimum absolute atomic E-state index is 0.148. The maximum absolute atomic E-state index is 11.4. The van der Waals surface area contributed by atoms with Crippen LogP contribution in [0.4, 0.5) is 0 Å². The number of pyridine rings is 1. The van der Waals surface area contributed by atoms with E-state index in [0.29, 0.717) is 5.92 Å². The van der Waals surface area contributed by atoms with Gasteiger partial charge in [-0.3, -0.25) is 4.79 Å². The van der Waals surface area contributed by atoms with Crippen molar-refractivity contribution in [3.05, 3.63) is 23.4 Å². The summed E-state index contributed by atoms with van der Waals surface area (Å²) in [6.45, 7) is 6.24. The third kappa shape index (κ3) is 3.72. The van der Waals surface area contributed by atoms with E-state index in [4.69, 9.17) is 0 Å². The summed E-state index contributed by atoms with van der Waals surface area (Å²) in [5.74, 6) is -0.281. The molecule has 19 heavy (non-hydrogen) atoms. The van der Waals surface area contributed by atoms with Crippen LogP contribution < -0.4 is 0 Å². The summed E-state index contributed by atoms with van der Waals surface area (Å²) in [5.41, 5.74) is 2.18. The summed E-state index contributed by atoms with van der Waals surface area (Å²) in [5, 5.41) is 10.5. The molecule has 1 saturated carbocycles. The molecule has 4 heteroatoms. The molecule has 0 aromatic carbocycles. The molecule has 0 bridgehead atoms. The molecule has 0 amide bonds. The van der Waals surface area contributed by atoms with Gasteiger partial charge in [-0.15, -0.1) is 11.8 Å². The fourth-order valence-corrected chi connectivity index (χ4v) is 4.36. The average Bonchev–Trinajstić information content (AvgIpc) is 2.26. The van der Waals surface area contributed by atoms with Crippen LogP contribution in [0.2, 0.25) is 0 Å². The molecule has 104 valence electrons. The van der Waals surface area contributed by atoms with Crippen molar-refractivity contribution in [3.63, 3.8) is 0 Å². The smallest absolute Gasteiger partial charge is 0.307 e. The predicted molar refractivity (Wildman–Crippen MR) is 77.5 cm³/mol. The van der Waals surface area contributed by atoms with Gasteiger partial charge in [0.15, 0.2) is 0 Å². The van der Waals surface area contributed by atoms with Crippen LogP contribution in [0, 0.1) is 25.7 Å². The van der Waals surface area contributed by atoms with Gasteiger partial charge in [0, 0.05) is 10.9 Å². The SMILES string of the molecule is Cc1cc(C)nc(SC2CC(C)CCC2C(=O)O)c1. The Bertz CT molecular complexity index is 455. The molecular formula is C15H21NO2S. The van der Waals surface area contributed by atoms with Crippen molar-refractivity contribution in [2.24, 2.45) is 11.8 Å². The highest BCUT2D eigenvalue weighted by Gasteiger charge is 2.34. The highest BCUT2D eigenvalue weighted by molar-refractivity contribution is 7.99. The summed E-state index contributed by atoms with van der Waals surface area (Å²) < 4.78 is 0. The number of carbonyl (C=O) groups is 1. The van der Waals surface area contributed by atoms with E-state index in [1.807, 2.05) is 13.0 Å². The van der Waals surface area contributed by atoms with Gasteiger partial charge >= 0.3 is 5.97 Å². The first-order chi connectivity index (χ1) is 8.95. The molecule has 0 saturated heterocycles. The second-order valence-electron chi connectivity index (χ2n) is 5.64. The Hall–Kier alpha value is -1.03. The third-order valence-corrected chi connectivity index (χ3v) is 4.99. The lowest BCUT2D eigenvalue weighted by Gasteiger charge is -2.31. The molecule has 3 unspecified atom stereocenters. The van der Waals surface area contributed by atoms with Crippen LogP contribution >= 0.6 is 11.8 Å². The Morgan fingerprint density at radius 3 is 2.74 bits per heavy atom. The van der Waals surface area contributed by atoms with Crippen molar-refractivity contribution in [3.8, 4) is 0 Å². The summed E-state index contributed by atoms with van der Waals surface area (Å²) in [7, 11) is 0. The first-order valence-corrected chi connectivity index (χ1v) is 7.68. The number of rotatable bonds is 3. The zero-order chi connectivity index (χ0) is 14.0. The standard InChI is InChI=1S/C15H21NO2S/c1-9-4-5-12(15(17)18)13(7-9)19-14-8-10(2)6-11(3)16-14/h6,8-9,12-13H,4-5,7H2,1-3H3,(H,17,18). The molecule has 1 N–H and O–H groups in total. The predicted octanol–water partition coefficient (Wildman–Crippen LogP) is 3.68. The average molecular weight is 279 g/mol. The molecule has 1 heterocycles. The maximum Gasteiger partial charge on any atom is 0.307 e. The van der Waals surface area contributed by atoms with Crippen LogP contribution in [0.5, 0.6) is 0 Å². The molecule has 1 aromatic rings. The van der Waals surface area contributed by atoms with Crippen molar-refractivity contribution in [2.45, 2.75) is 50.3 Å². The van der Waals surface area contributed by atoms with Crippen LogP contribution in [0.1, 0.15) is 37.4 Å². The van der Waals surface area contributed by atoms with E-state index < -0.39 is 5.97 Å². The second kappa shape index (κ2) is 5.95. The van der Waals surface area contributed by atoms with Gasteiger partial charge in [-0.1, -0.05) is 6.92 Å². The largest absolute Gasteiger partial charge is 0.481 e. The number of hydrogen-bond acceptors (Lipinski definition) is 3. The van der Waals surface area contributed by atoms with Gasteiger partial charge in [0.05, 0.1) is 10.9 Å². The molecule has 1 aliphatic carbocycles. The molecule has 1 aromatic heterocycles. The number of aromatic nitrogens is 1. The van der Waals surface area contributed by atoms with Gasteiger partial charge in [-0.25, -0.2) is 4.98 Å². The van der Waals surface area contributed by atoms with E-state index >= 15 is 0 Å². The molecule has 2 rings (SSSR count). The number of aryl methyl sites for hydroxylation is 2. The second-order valence-corrected chi connectivity index (χ2v) is 6.90. The van der Waals surface area contributed by atoms with E-state index in [1.54, 1.807) is 11.8 Å². The summed E-state index contributed by atoms with van der Waals surface area (Å²) >= 11 is 1.64. The van der Waals surface area contributed by atoms with E-state index in [9.17, 15) is 9.90 Å². The minimum atomic E-state index is -0.659. The molecule has 0 spiro atoms. The molecular weight excluding hydrogens is 258 g/mol. The van der Waals surface area contributed by atoms with Crippen LogP contribution in [0.25, 0.3) is 0 Å². The summed E-state index contributed by atoms with van der Waals surface area (Å²) in [4.78, 5) is 15.9. The summed E-state index contributed by atoms with van der Waals surface area (Å²) in [6.07, 6.45) is 2.78. The number of hydrogen-bond donors (Lipinski definition) is 1. The van der Waals surface area contributed by atoms with Gasteiger partial charge in [0.1, 0.15) is 0 Å². The molecule has 0 aliphatic heterocycles.